The van der Waals surface area contributed by atoms with E-state index in [2.05, 4.69) is 18.7 Å². The second-order valence-corrected chi connectivity index (χ2v) is 14.4. The Bertz CT molecular complexity index is 668. The summed E-state index contributed by atoms with van der Waals surface area (Å²) >= 11 is 0. The van der Waals surface area contributed by atoms with Gasteiger partial charge in [0.2, 0.25) is 0 Å². The quantitative estimate of drug-likeness (QED) is 0.0535. The van der Waals surface area contributed by atoms with Crippen LogP contribution in [0.5, 0.6) is 0 Å². The molecule has 0 aliphatic heterocycles. The van der Waals surface area contributed by atoms with Gasteiger partial charge in [0.15, 0.2) is 0 Å². The standard InChI is InChI=1S/C40H79NO5/c1-5-7-9-11-13-14-16-19-28-36-45-38(43)30-22-21-25-33-41(34-26-27-35-42)32-24-18-17-23-31-40(3,4)39(44)46-37-29-20-15-12-10-8-6-2/h42H,5-37H2,1-4H3. The molecule has 6 heteroatoms. The van der Waals surface area contributed by atoms with Crippen LogP contribution in [0.2, 0.25) is 0 Å². The zero-order chi connectivity index (χ0) is 34.0. The second-order valence-electron chi connectivity index (χ2n) is 14.4. The van der Waals surface area contributed by atoms with Gasteiger partial charge in [-0.1, -0.05) is 129 Å². The van der Waals surface area contributed by atoms with Gasteiger partial charge < -0.3 is 19.5 Å². The highest BCUT2D eigenvalue weighted by Crippen LogP contribution is 2.26. The Balaban J connectivity index is 3.94. The third kappa shape index (κ3) is 30.2. The van der Waals surface area contributed by atoms with Crippen molar-refractivity contribution in [3.8, 4) is 0 Å². The molecule has 0 aromatic heterocycles. The number of esters is 2. The lowest BCUT2D eigenvalue weighted by Gasteiger charge is -2.23. The molecular formula is C40H79NO5. The summed E-state index contributed by atoms with van der Waals surface area (Å²) in [6.45, 7) is 13.1. The van der Waals surface area contributed by atoms with Gasteiger partial charge in [0, 0.05) is 13.0 Å². The summed E-state index contributed by atoms with van der Waals surface area (Å²) in [6, 6.07) is 0. The number of nitrogens with zero attached hydrogens (tertiary/aromatic N) is 1. The van der Waals surface area contributed by atoms with Crippen molar-refractivity contribution < 1.29 is 24.2 Å². The molecule has 0 atom stereocenters. The normalized spacial score (nSPS) is 11.8. The van der Waals surface area contributed by atoms with Crippen LogP contribution in [0.1, 0.15) is 201 Å². The Labute approximate surface area is 286 Å². The second kappa shape index (κ2) is 33.7. The number of aliphatic hydroxyl groups is 1. The van der Waals surface area contributed by atoms with Crippen molar-refractivity contribution >= 4 is 11.9 Å². The van der Waals surface area contributed by atoms with E-state index in [0.29, 0.717) is 19.6 Å². The highest BCUT2D eigenvalue weighted by atomic mass is 16.5. The number of rotatable bonds is 36. The van der Waals surface area contributed by atoms with Crippen LogP contribution in [-0.2, 0) is 19.1 Å². The van der Waals surface area contributed by atoms with E-state index < -0.39 is 5.41 Å². The fourth-order valence-corrected chi connectivity index (χ4v) is 6.01. The molecule has 0 unspecified atom stereocenters. The molecule has 46 heavy (non-hydrogen) atoms. The number of unbranched alkanes of at least 4 members (excludes halogenated alkanes) is 20. The molecule has 0 radical (unpaired) electrons. The van der Waals surface area contributed by atoms with E-state index in [1.807, 2.05) is 13.8 Å². The lowest BCUT2D eigenvalue weighted by atomic mass is 9.87. The van der Waals surface area contributed by atoms with Gasteiger partial charge in [0.05, 0.1) is 18.6 Å². The summed E-state index contributed by atoms with van der Waals surface area (Å²) in [7, 11) is 0. The first-order valence-electron chi connectivity index (χ1n) is 20.0. The van der Waals surface area contributed by atoms with Gasteiger partial charge in [-0.05, 0) is 84.8 Å². The molecule has 6 nitrogen and oxygen atoms in total. The molecule has 274 valence electrons. The topological polar surface area (TPSA) is 76.1 Å². The molecule has 0 saturated heterocycles. The van der Waals surface area contributed by atoms with Crippen LogP contribution in [0, 0.1) is 5.41 Å². The predicted molar refractivity (Wildman–Crippen MR) is 195 cm³/mol. The minimum Gasteiger partial charge on any atom is -0.466 e. The first kappa shape index (κ1) is 44.9. The van der Waals surface area contributed by atoms with E-state index in [1.54, 1.807) is 0 Å². The Morgan fingerprint density at radius 3 is 1.46 bits per heavy atom. The average Bonchev–Trinajstić information content (AvgIpc) is 3.04. The van der Waals surface area contributed by atoms with Gasteiger partial charge in [-0.25, -0.2) is 0 Å². The predicted octanol–water partition coefficient (Wildman–Crippen LogP) is 11.0. The van der Waals surface area contributed by atoms with Gasteiger partial charge in [-0.2, -0.15) is 0 Å². The molecule has 0 amide bonds. The molecule has 1 N–H and O–H groups in total. The number of carbonyl (C=O) groups excluding carboxylic acids is 2. The molecule has 0 spiro atoms. The zero-order valence-corrected chi connectivity index (χ0v) is 31.4. The van der Waals surface area contributed by atoms with Crippen molar-refractivity contribution in [2.24, 2.45) is 5.41 Å². The largest absolute Gasteiger partial charge is 0.466 e. The maximum atomic E-state index is 12.6. The monoisotopic (exact) mass is 654 g/mol. The van der Waals surface area contributed by atoms with Crippen molar-refractivity contribution in [3.63, 3.8) is 0 Å². The number of ether oxygens (including phenoxy) is 2. The van der Waals surface area contributed by atoms with Crippen LogP contribution in [0.15, 0.2) is 0 Å². The molecule has 0 heterocycles. The maximum Gasteiger partial charge on any atom is 0.311 e. The highest BCUT2D eigenvalue weighted by molar-refractivity contribution is 5.75. The average molecular weight is 654 g/mol. The molecule has 0 aliphatic rings. The van der Waals surface area contributed by atoms with Crippen LogP contribution >= 0.6 is 0 Å². The van der Waals surface area contributed by atoms with Crippen molar-refractivity contribution in [3.05, 3.63) is 0 Å². The van der Waals surface area contributed by atoms with E-state index in [9.17, 15) is 14.7 Å². The third-order valence-corrected chi connectivity index (χ3v) is 9.31. The van der Waals surface area contributed by atoms with E-state index in [4.69, 9.17) is 9.47 Å². The van der Waals surface area contributed by atoms with Crippen LogP contribution in [0.3, 0.4) is 0 Å². The smallest absolute Gasteiger partial charge is 0.311 e. The minimum absolute atomic E-state index is 0.0380. The van der Waals surface area contributed by atoms with Crippen molar-refractivity contribution in [1.82, 2.24) is 4.90 Å². The fraction of sp³-hybridized carbons (Fsp3) is 0.950. The SMILES string of the molecule is CCCCCCCCCCCOC(=O)CCCCCN(CCCCO)CCCCCCC(C)(C)C(=O)OCCCCCCCCC. The van der Waals surface area contributed by atoms with Crippen LogP contribution in [-0.4, -0.2) is 61.4 Å². The van der Waals surface area contributed by atoms with E-state index >= 15 is 0 Å². The summed E-state index contributed by atoms with van der Waals surface area (Å²) in [5.41, 5.74) is -0.406. The van der Waals surface area contributed by atoms with Crippen molar-refractivity contribution in [2.45, 2.75) is 201 Å². The first-order valence-corrected chi connectivity index (χ1v) is 20.0. The van der Waals surface area contributed by atoms with E-state index in [0.717, 1.165) is 96.7 Å². The number of aliphatic hydroxyl groups excluding tert-OH is 1. The summed E-state index contributed by atoms with van der Waals surface area (Å²) in [4.78, 5) is 27.2. The number of carbonyl (C=O) groups is 2. The lowest BCUT2D eigenvalue weighted by molar-refractivity contribution is -0.154. The maximum absolute atomic E-state index is 12.6. The van der Waals surface area contributed by atoms with Gasteiger partial charge in [0.25, 0.3) is 0 Å². The molecular weight excluding hydrogens is 574 g/mol. The summed E-state index contributed by atoms with van der Waals surface area (Å²) < 4.78 is 11.1. The summed E-state index contributed by atoms with van der Waals surface area (Å²) in [5.74, 6) is -0.0791. The van der Waals surface area contributed by atoms with E-state index in [1.165, 1.54) is 89.9 Å². The third-order valence-electron chi connectivity index (χ3n) is 9.31. The molecule has 0 aromatic carbocycles. The molecule has 0 bridgehead atoms. The van der Waals surface area contributed by atoms with Crippen LogP contribution < -0.4 is 0 Å². The summed E-state index contributed by atoms with van der Waals surface area (Å²) in [5, 5.41) is 9.22. The van der Waals surface area contributed by atoms with Gasteiger partial charge >= 0.3 is 11.9 Å². The zero-order valence-electron chi connectivity index (χ0n) is 31.4. The highest BCUT2D eigenvalue weighted by Gasteiger charge is 2.28. The number of hydrogen-bond donors (Lipinski definition) is 1. The van der Waals surface area contributed by atoms with Crippen LogP contribution in [0.4, 0.5) is 0 Å². The first-order chi connectivity index (χ1) is 22.4. The number of hydrogen-bond acceptors (Lipinski definition) is 6. The van der Waals surface area contributed by atoms with E-state index in [-0.39, 0.29) is 18.5 Å². The molecule has 0 aliphatic carbocycles. The van der Waals surface area contributed by atoms with Gasteiger partial charge in [-0.3, -0.25) is 9.59 Å². The molecule has 0 rings (SSSR count). The van der Waals surface area contributed by atoms with Crippen LogP contribution in [0.25, 0.3) is 0 Å². The lowest BCUT2D eigenvalue weighted by Crippen LogP contribution is -2.28. The van der Waals surface area contributed by atoms with Gasteiger partial charge in [-0.15, -0.1) is 0 Å². The fourth-order valence-electron chi connectivity index (χ4n) is 6.01. The molecule has 0 aromatic rings. The Morgan fingerprint density at radius 1 is 0.522 bits per heavy atom. The molecule has 0 fully saturated rings. The van der Waals surface area contributed by atoms with Gasteiger partial charge in [0.1, 0.15) is 0 Å². The Morgan fingerprint density at radius 2 is 0.935 bits per heavy atom. The molecule has 0 saturated carbocycles. The Hall–Kier alpha value is -1.14. The minimum atomic E-state index is -0.406. The summed E-state index contributed by atoms with van der Waals surface area (Å²) in [6.07, 6.45) is 30.9. The Kier molecular flexibility index (Phi) is 32.9. The van der Waals surface area contributed by atoms with Crippen molar-refractivity contribution in [2.75, 3.05) is 39.5 Å². The van der Waals surface area contributed by atoms with Crippen molar-refractivity contribution in [1.29, 1.82) is 0 Å².